The van der Waals surface area contributed by atoms with E-state index in [4.69, 9.17) is 11.6 Å². The number of amides is 1. The van der Waals surface area contributed by atoms with Crippen LogP contribution in [0.1, 0.15) is 18.4 Å². The van der Waals surface area contributed by atoms with E-state index < -0.39 is 5.82 Å². The van der Waals surface area contributed by atoms with Gasteiger partial charge in [0.2, 0.25) is 5.91 Å². The topological polar surface area (TPSA) is 45.2 Å². The van der Waals surface area contributed by atoms with Gasteiger partial charge in [-0.1, -0.05) is 17.7 Å². The third-order valence-electron chi connectivity index (χ3n) is 3.87. The Morgan fingerprint density at radius 3 is 3.13 bits per heavy atom. The first kappa shape index (κ1) is 16.2. The monoisotopic (exact) mass is 353 g/mol. The molecule has 1 amide bonds. The van der Waals surface area contributed by atoms with Crippen molar-refractivity contribution in [2.24, 2.45) is 0 Å². The van der Waals surface area contributed by atoms with Crippen LogP contribution in [0.4, 0.5) is 9.52 Å². The maximum atomic E-state index is 13.1. The van der Waals surface area contributed by atoms with Crippen molar-refractivity contribution >= 4 is 34.0 Å². The zero-order valence-corrected chi connectivity index (χ0v) is 14.0. The van der Waals surface area contributed by atoms with Crippen molar-refractivity contribution in [1.29, 1.82) is 0 Å². The predicted octanol–water partition coefficient (Wildman–Crippen LogP) is 3.26. The summed E-state index contributed by atoms with van der Waals surface area (Å²) < 4.78 is 13.1. The summed E-state index contributed by atoms with van der Waals surface area (Å²) in [7, 11) is 0. The molecule has 0 aliphatic carbocycles. The third kappa shape index (κ3) is 4.20. The van der Waals surface area contributed by atoms with E-state index in [1.807, 2.05) is 5.38 Å². The van der Waals surface area contributed by atoms with E-state index in [9.17, 15) is 9.18 Å². The molecule has 1 saturated heterocycles. The molecule has 2 heterocycles. The van der Waals surface area contributed by atoms with Gasteiger partial charge >= 0.3 is 0 Å². The summed E-state index contributed by atoms with van der Waals surface area (Å²) in [5.41, 5.74) is 0.863. The fraction of sp³-hybridized carbons (Fsp3) is 0.375. The summed E-state index contributed by atoms with van der Waals surface area (Å²) in [6, 6.07) is 4.72. The Kier molecular flexibility index (Phi) is 5.13. The lowest BCUT2D eigenvalue weighted by Gasteiger charge is -2.15. The molecule has 1 aliphatic rings. The molecule has 1 N–H and O–H groups in total. The predicted molar refractivity (Wildman–Crippen MR) is 90.6 cm³/mol. The lowest BCUT2D eigenvalue weighted by atomic mass is 10.1. The van der Waals surface area contributed by atoms with E-state index >= 15 is 0 Å². The van der Waals surface area contributed by atoms with E-state index in [1.54, 1.807) is 29.7 Å². The lowest BCUT2D eigenvalue weighted by molar-refractivity contribution is -0.121. The van der Waals surface area contributed by atoms with Crippen LogP contribution in [-0.4, -0.2) is 30.0 Å². The van der Waals surface area contributed by atoms with E-state index in [0.717, 1.165) is 30.2 Å². The summed E-state index contributed by atoms with van der Waals surface area (Å²) in [4.78, 5) is 18.5. The van der Waals surface area contributed by atoms with Crippen LogP contribution in [0, 0.1) is 5.82 Å². The molecule has 0 bridgehead atoms. The Morgan fingerprint density at radius 1 is 1.52 bits per heavy atom. The number of carbonyl (C=O) groups excluding carboxylic acids is 1. The Balaban J connectivity index is 1.45. The van der Waals surface area contributed by atoms with Crippen molar-refractivity contribution < 1.29 is 9.18 Å². The first-order valence-corrected chi connectivity index (χ1v) is 8.75. The number of carbonyl (C=O) groups is 1. The molecule has 3 rings (SSSR count). The van der Waals surface area contributed by atoms with Gasteiger partial charge in [-0.2, -0.15) is 0 Å². The van der Waals surface area contributed by atoms with Crippen LogP contribution >= 0.6 is 22.9 Å². The number of halogens is 2. The van der Waals surface area contributed by atoms with Crippen LogP contribution in [0.5, 0.6) is 0 Å². The molecule has 1 aliphatic heterocycles. The number of nitrogens with one attached hydrogen (secondary N) is 1. The number of thiazole rings is 1. The zero-order chi connectivity index (χ0) is 16.2. The molecular weight excluding hydrogens is 337 g/mol. The Hall–Kier alpha value is -1.66. The molecule has 0 spiro atoms. The average molecular weight is 354 g/mol. The highest BCUT2D eigenvalue weighted by Gasteiger charge is 2.25. The normalized spacial score (nSPS) is 17.5. The smallest absolute Gasteiger partial charge is 0.220 e. The number of hydrogen-bond acceptors (Lipinski definition) is 4. The fourth-order valence-corrected chi connectivity index (χ4v) is 3.56. The van der Waals surface area contributed by atoms with Gasteiger partial charge in [-0.3, -0.25) is 4.79 Å². The number of nitrogens with zero attached hydrogens (tertiary/aromatic N) is 2. The number of aromatic nitrogens is 1. The summed E-state index contributed by atoms with van der Waals surface area (Å²) in [6.45, 7) is 1.70. The van der Waals surface area contributed by atoms with Crippen LogP contribution in [0.15, 0.2) is 29.8 Å². The molecule has 1 unspecified atom stereocenters. The number of aryl methyl sites for hydroxylation is 1. The van der Waals surface area contributed by atoms with Crippen LogP contribution in [-0.2, 0) is 11.2 Å². The summed E-state index contributed by atoms with van der Waals surface area (Å²) in [5.74, 6) is -0.426. The molecule has 4 nitrogen and oxygen atoms in total. The minimum absolute atomic E-state index is 0.0106. The molecule has 1 aromatic carbocycles. The van der Waals surface area contributed by atoms with Crippen LogP contribution < -0.4 is 10.2 Å². The standard InChI is InChI=1S/C16H17ClFN3OS/c17-13-9-11(1-3-14(13)18)2-4-15(22)20-12-5-7-21(10-12)16-19-6-8-23-16/h1,3,6,8-9,12H,2,4-5,7,10H2,(H,20,22). The average Bonchev–Trinajstić information content (AvgIpc) is 3.19. The molecular formula is C16H17ClFN3OS. The quantitative estimate of drug-likeness (QED) is 0.897. The van der Waals surface area contributed by atoms with Crippen molar-refractivity contribution in [2.75, 3.05) is 18.0 Å². The van der Waals surface area contributed by atoms with Crippen LogP contribution in [0.2, 0.25) is 5.02 Å². The molecule has 2 aromatic rings. The van der Waals surface area contributed by atoms with Gasteiger partial charge in [0, 0.05) is 37.1 Å². The maximum Gasteiger partial charge on any atom is 0.220 e. The number of benzene rings is 1. The van der Waals surface area contributed by atoms with E-state index in [-0.39, 0.29) is 17.0 Å². The van der Waals surface area contributed by atoms with E-state index in [0.29, 0.717) is 12.8 Å². The summed E-state index contributed by atoms with van der Waals surface area (Å²) in [6.07, 6.45) is 3.64. The lowest BCUT2D eigenvalue weighted by Crippen LogP contribution is -2.37. The van der Waals surface area contributed by atoms with Crippen molar-refractivity contribution in [3.8, 4) is 0 Å². The van der Waals surface area contributed by atoms with Gasteiger partial charge < -0.3 is 10.2 Å². The SMILES string of the molecule is O=C(CCc1ccc(F)c(Cl)c1)NC1CCN(c2nccs2)C1. The second kappa shape index (κ2) is 7.27. The van der Waals surface area contributed by atoms with Gasteiger partial charge in [-0.05, 0) is 30.5 Å². The Labute approximate surface area is 143 Å². The molecule has 1 aromatic heterocycles. The molecule has 0 saturated carbocycles. The molecule has 0 radical (unpaired) electrons. The molecule has 1 fully saturated rings. The van der Waals surface area contributed by atoms with E-state index in [2.05, 4.69) is 15.2 Å². The van der Waals surface area contributed by atoms with Crippen LogP contribution in [0.25, 0.3) is 0 Å². The van der Waals surface area contributed by atoms with Gasteiger partial charge in [0.15, 0.2) is 5.13 Å². The van der Waals surface area contributed by atoms with Crippen molar-refractivity contribution in [3.63, 3.8) is 0 Å². The van der Waals surface area contributed by atoms with Crippen LogP contribution in [0.3, 0.4) is 0 Å². The minimum atomic E-state index is -0.437. The number of rotatable bonds is 5. The third-order valence-corrected chi connectivity index (χ3v) is 4.99. The molecule has 122 valence electrons. The highest BCUT2D eigenvalue weighted by atomic mass is 35.5. The summed E-state index contributed by atoms with van der Waals surface area (Å²) in [5, 5.41) is 6.11. The molecule has 1 atom stereocenters. The first-order valence-electron chi connectivity index (χ1n) is 7.49. The highest BCUT2D eigenvalue weighted by molar-refractivity contribution is 7.13. The number of anilines is 1. The van der Waals surface area contributed by atoms with Gasteiger partial charge in [0.1, 0.15) is 5.82 Å². The van der Waals surface area contributed by atoms with Crippen molar-refractivity contribution in [2.45, 2.75) is 25.3 Å². The Bertz CT molecular complexity index is 680. The van der Waals surface area contributed by atoms with Gasteiger partial charge in [0.25, 0.3) is 0 Å². The summed E-state index contributed by atoms with van der Waals surface area (Å²) >= 11 is 7.36. The maximum absolute atomic E-state index is 13.1. The van der Waals surface area contributed by atoms with Crippen molar-refractivity contribution in [3.05, 3.63) is 46.2 Å². The minimum Gasteiger partial charge on any atom is -0.352 e. The van der Waals surface area contributed by atoms with E-state index in [1.165, 1.54) is 6.07 Å². The zero-order valence-electron chi connectivity index (χ0n) is 12.5. The first-order chi connectivity index (χ1) is 11.1. The van der Waals surface area contributed by atoms with Gasteiger partial charge in [-0.25, -0.2) is 9.37 Å². The molecule has 23 heavy (non-hydrogen) atoms. The van der Waals surface area contributed by atoms with Crippen molar-refractivity contribution in [1.82, 2.24) is 10.3 Å². The Morgan fingerprint density at radius 2 is 2.39 bits per heavy atom. The highest BCUT2D eigenvalue weighted by Crippen LogP contribution is 2.22. The second-order valence-electron chi connectivity index (χ2n) is 5.56. The van der Waals surface area contributed by atoms with Gasteiger partial charge in [-0.15, -0.1) is 11.3 Å². The molecule has 7 heteroatoms. The fourth-order valence-electron chi connectivity index (χ4n) is 2.68. The van der Waals surface area contributed by atoms with Gasteiger partial charge in [0.05, 0.1) is 5.02 Å². The largest absolute Gasteiger partial charge is 0.352 e. The number of hydrogen-bond donors (Lipinski definition) is 1. The second-order valence-corrected chi connectivity index (χ2v) is 6.84.